The minimum Gasteiger partial charge on any atom is -0.268 e. The summed E-state index contributed by atoms with van der Waals surface area (Å²) in [5.74, 6) is 1.96. The second kappa shape index (κ2) is 7.89. The van der Waals surface area contributed by atoms with E-state index < -0.39 is 0 Å². The molecule has 0 spiro atoms. The lowest BCUT2D eigenvalue weighted by molar-refractivity contribution is 0.218. The number of thiophene rings is 1. The Hall–Kier alpha value is -2.38. The molecule has 0 radical (unpaired) electrons. The molecule has 166 valence electrons. The molecule has 5 nitrogen and oxygen atoms in total. The molecule has 3 aromatic heterocycles. The van der Waals surface area contributed by atoms with Crippen LogP contribution < -0.4 is 5.56 Å². The highest BCUT2D eigenvalue weighted by Crippen LogP contribution is 2.43. The Morgan fingerprint density at radius 1 is 1.25 bits per heavy atom. The molecule has 0 saturated carbocycles. The molecule has 32 heavy (non-hydrogen) atoms. The predicted octanol–water partition coefficient (Wildman–Crippen LogP) is 5.91. The Balaban J connectivity index is 1.81. The lowest BCUT2D eigenvalue weighted by atomic mass is 9.72. The van der Waals surface area contributed by atoms with Crippen molar-refractivity contribution in [2.45, 2.75) is 52.1 Å². The van der Waals surface area contributed by atoms with Crippen molar-refractivity contribution >= 4 is 39.1 Å². The van der Waals surface area contributed by atoms with Crippen LogP contribution in [0.15, 0.2) is 52.4 Å². The first-order valence-corrected chi connectivity index (χ1v) is 12.8. The van der Waals surface area contributed by atoms with Crippen LogP contribution in [-0.2, 0) is 12.8 Å². The molecule has 0 fully saturated rings. The van der Waals surface area contributed by atoms with Crippen LogP contribution in [-0.4, -0.2) is 24.9 Å². The fraction of sp³-hybridized carbons (Fsp3) is 0.400. The van der Waals surface area contributed by atoms with Gasteiger partial charge in [0.15, 0.2) is 5.16 Å². The summed E-state index contributed by atoms with van der Waals surface area (Å²) in [6.45, 7) is 13.0. The van der Waals surface area contributed by atoms with E-state index >= 15 is 0 Å². The lowest BCUT2D eigenvalue weighted by Gasteiger charge is -2.33. The number of hydrogen-bond acceptors (Lipinski definition) is 5. The van der Waals surface area contributed by atoms with Crippen LogP contribution >= 0.6 is 23.1 Å². The Bertz CT molecular complexity index is 1390. The quantitative estimate of drug-likeness (QED) is 0.278. The number of para-hydroxylation sites is 1. The SMILES string of the molecule is C=C(C)CSc1nnc2n(-c3ccccc3)c(=O)c3c4c(sc3n12)CC(C(C)(C)C)CC4. The van der Waals surface area contributed by atoms with Gasteiger partial charge in [0, 0.05) is 10.6 Å². The van der Waals surface area contributed by atoms with Gasteiger partial charge in [-0.3, -0.25) is 4.79 Å². The summed E-state index contributed by atoms with van der Waals surface area (Å²) < 4.78 is 3.81. The molecule has 1 aromatic carbocycles. The number of rotatable bonds is 4. The molecule has 5 rings (SSSR count). The molecule has 1 unspecified atom stereocenters. The summed E-state index contributed by atoms with van der Waals surface area (Å²) in [4.78, 5) is 16.2. The van der Waals surface area contributed by atoms with Gasteiger partial charge >= 0.3 is 0 Å². The first-order chi connectivity index (χ1) is 15.3. The molecule has 1 aliphatic carbocycles. The summed E-state index contributed by atoms with van der Waals surface area (Å²) >= 11 is 3.38. The molecule has 0 bridgehead atoms. The monoisotopic (exact) mass is 464 g/mol. The minimum atomic E-state index is 0.00857. The van der Waals surface area contributed by atoms with Crippen LogP contribution in [0.5, 0.6) is 0 Å². The lowest BCUT2D eigenvalue weighted by Crippen LogP contribution is -2.27. The molecule has 7 heteroatoms. The molecular weight excluding hydrogens is 436 g/mol. The van der Waals surface area contributed by atoms with Crippen molar-refractivity contribution in [1.82, 2.24) is 19.2 Å². The molecule has 0 amide bonds. The summed E-state index contributed by atoms with van der Waals surface area (Å²) in [5.41, 5.74) is 3.39. The Morgan fingerprint density at radius 3 is 2.69 bits per heavy atom. The summed E-state index contributed by atoms with van der Waals surface area (Å²) in [6.07, 6.45) is 3.09. The van der Waals surface area contributed by atoms with Crippen molar-refractivity contribution < 1.29 is 0 Å². The van der Waals surface area contributed by atoms with E-state index in [9.17, 15) is 4.79 Å². The zero-order valence-electron chi connectivity index (χ0n) is 19.0. The number of aromatic nitrogens is 4. The van der Waals surface area contributed by atoms with Crippen molar-refractivity contribution in [3.8, 4) is 5.69 Å². The summed E-state index contributed by atoms with van der Waals surface area (Å²) in [6, 6.07) is 9.77. The molecule has 1 atom stereocenters. The van der Waals surface area contributed by atoms with Gasteiger partial charge in [-0.05, 0) is 55.2 Å². The standard InChI is InChI=1S/C25H28N4OS2/c1-15(2)14-31-24-27-26-23-28(17-9-7-6-8-10-17)21(30)20-18-12-11-16(25(3,4)5)13-19(18)32-22(20)29(23)24/h6-10,16H,1,11-14H2,2-5H3. The highest BCUT2D eigenvalue weighted by atomic mass is 32.2. The van der Waals surface area contributed by atoms with Gasteiger partial charge in [0.25, 0.3) is 5.56 Å². The average molecular weight is 465 g/mol. The largest absolute Gasteiger partial charge is 0.268 e. The Morgan fingerprint density at radius 2 is 2.00 bits per heavy atom. The molecule has 1 aliphatic rings. The van der Waals surface area contributed by atoms with E-state index in [2.05, 4.69) is 41.9 Å². The van der Waals surface area contributed by atoms with Gasteiger partial charge in [0.05, 0.1) is 11.1 Å². The van der Waals surface area contributed by atoms with E-state index in [1.165, 1.54) is 10.4 Å². The number of benzene rings is 1. The van der Waals surface area contributed by atoms with Crippen molar-refractivity contribution in [3.63, 3.8) is 0 Å². The van der Waals surface area contributed by atoms with Gasteiger partial charge in [-0.1, -0.05) is 62.9 Å². The third kappa shape index (κ3) is 3.52. The second-order valence-corrected chi connectivity index (χ2v) is 11.9. The van der Waals surface area contributed by atoms with Crippen LogP contribution in [0, 0.1) is 11.3 Å². The maximum absolute atomic E-state index is 13.9. The molecule has 3 heterocycles. The zero-order chi connectivity index (χ0) is 22.6. The van der Waals surface area contributed by atoms with E-state index in [-0.39, 0.29) is 11.0 Å². The van der Waals surface area contributed by atoms with E-state index in [1.807, 2.05) is 37.3 Å². The molecule has 4 aromatic rings. The zero-order valence-corrected chi connectivity index (χ0v) is 20.6. The molecule has 0 saturated heterocycles. The van der Waals surface area contributed by atoms with Gasteiger partial charge in [-0.15, -0.1) is 21.5 Å². The van der Waals surface area contributed by atoms with Gasteiger partial charge in [0.2, 0.25) is 5.78 Å². The maximum Gasteiger partial charge on any atom is 0.268 e. The van der Waals surface area contributed by atoms with Crippen LogP contribution in [0.2, 0.25) is 0 Å². The van der Waals surface area contributed by atoms with E-state index in [0.29, 0.717) is 11.7 Å². The molecule has 0 aliphatic heterocycles. The van der Waals surface area contributed by atoms with Crippen LogP contribution in [0.1, 0.15) is 44.6 Å². The topological polar surface area (TPSA) is 52.2 Å². The number of hydrogen-bond donors (Lipinski definition) is 0. The van der Waals surface area contributed by atoms with Crippen molar-refractivity contribution in [1.29, 1.82) is 0 Å². The summed E-state index contributed by atoms with van der Waals surface area (Å²) in [7, 11) is 0. The van der Waals surface area contributed by atoms with Gasteiger partial charge < -0.3 is 0 Å². The number of aryl methyl sites for hydroxylation is 1. The van der Waals surface area contributed by atoms with Crippen molar-refractivity contribution in [2.75, 3.05) is 5.75 Å². The number of nitrogens with zero attached hydrogens (tertiary/aromatic N) is 4. The Kier molecular flexibility index (Phi) is 5.29. The molecular formula is C25H28N4OS2. The van der Waals surface area contributed by atoms with Crippen LogP contribution in [0.3, 0.4) is 0 Å². The highest BCUT2D eigenvalue weighted by Gasteiger charge is 2.33. The van der Waals surface area contributed by atoms with Crippen LogP contribution in [0.4, 0.5) is 0 Å². The predicted molar refractivity (Wildman–Crippen MR) is 134 cm³/mol. The number of thioether (sulfide) groups is 1. The first-order valence-electron chi connectivity index (χ1n) is 11.0. The summed E-state index contributed by atoms with van der Waals surface area (Å²) in [5, 5.41) is 10.6. The third-order valence-corrected chi connectivity index (χ3v) is 8.77. The van der Waals surface area contributed by atoms with Gasteiger partial charge in [-0.25, -0.2) is 8.97 Å². The number of fused-ring (bicyclic) bond motifs is 5. The van der Waals surface area contributed by atoms with Crippen LogP contribution in [0.25, 0.3) is 21.7 Å². The van der Waals surface area contributed by atoms with E-state index in [0.717, 1.165) is 51.6 Å². The smallest absolute Gasteiger partial charge is 0.268 e. The van der Waals surface area contributed by atoms with Gasteiger partial charge in [0.1, 0.15) is 4.83 Å². The van der Waals surface area contributed by atoms with Crippen molar-refractivity contribution in [3.05, 3.63) is 63.3 Å². The van der Waals surface area contributed by atoms with E-state index in [1.54, 1.807) is 27.7 Å². The van der Waals surface area contributed by atoms with Gasteiger partial charge in [-0.2, -0.15) is 0 Å². The minimum absolute atomic E-state index is 0.00857. The molecule has 0 N–H and O–H groups in total. The fourth-order valence-corrected chi connectivity index (χ4v) is 6.82. The average Bonchev–Trinajstić information content (AvgIpc) is 3.33. The van der Waals surface area contributed by atoms with Crippen molar-refractivity contribution in [2.24, 2.45) is 11.3 Å². The van der Waals surface area contributed by atoms with E-state index in [4.69, 9.17) is 0 Å². The Labute approximate surface area is 196 Å². The third-order valence-electron chi connectivity index (χ3n) is 6.37. The maximum atomic E-state index is 13.9. The normalized spacial score (nSPS) is 16.6. The second-order valence-electron chi connectivity index (χ2n) is 9.83. The highest BCUT2D eigenvalue weighted by molar-refractivity contribution is 7.99. The first kappa shape index (κ1) is 21.5. The fourth-order valence-electron chi connectivity index (χ4n) is 4.57.